The van der Waals surface area contributed by atoms with E-state index in [-0.39, 0.29) is 24.1 Å². The molecule has 0 amide bonds. The van der Waals surface area contributed by atoms with Gasteiger partial charge in [0.15, 0.2) is 0 Å². The highest BCUT2D eigenvalue weighted by molar-refractivity contribution is 14.1. The minimum absolute atomic E-state index is 0.0495. The van der Waals surface area contributed by atoms with E-state index in [0.29, 0.717) is 5.75 Å². The van der Waals surface area contributed by atoms with Crippen molar-refractivity contribution < 1.29 is 9.47 Å². The van der Waals surface area contributed by atoms with Crippen LogP contribution in [0.15, 0.2) is 24.3 Å². The maximum Gasteiger partial charge on any atom is 0.330 e. The number of hydrogen-bond donors (Lipinski definition) is 1. The molecule has 7 heteroatoms. The third-order valence-electron chi connectivity index (χ3n) is 1.99. The molecule has 0 unspecified atom stereocenters. The summed E-state index contributed by atoms with van der Waals surface area (Å²) in [5.41, 5.74) is 5.60. The van der Waals surface area contributed by atoms with Crippen molar-refractivity contribution in [1.82, 2.24) is 15.0 Å². The lowest BCUT2D eigenvalue weighted by Crippen LogP contribution is -2.11. The summed E-state index contributed by atoms with van der Waals surface area (Å²) in [6.07, 6.45) is -0.0495. The number of anilines is 1. The Labute approximate surface area is 124 Å². The number of halogens is 1. The van der Waals surface area contributed by atoms with Crippen LogP contribution < -0.4 is 15.2 Å². The van der Waals surface area contributed by atoms with Crippen molar-refractivity contribution in [3.05, 3.63) is 27.8 Å². The van der Waals surface area contributed by atoms with Crippen molar-refractivity contribution in [1.29, 1.82) is 0 Å². The van der Waals surface area contributed by atoms with Crippen LogP contribution in [0, 0.1) is 3.57 Å². The average Bonchev–Trinajstić information content (AvgIpc) is 2.30. The lowest BCUT2D eigenvalue weighted by atomic mass is 10.3. The minimum atomic E-state index is -0.0495. The largest absolute Gasteiger partial charge is 0.461 e. The highest BCUT2D eigenvalue weighted by Gasteiger charge is 2.10. The van der Waals surface area contributed by atoms with Crippen LogP contribution in [0.25, 0.3) is 0 Å². The fraction of sp³-hybridized carbons (Fsp3) is 0.250. The Morgan fingerprint density at radius 3 is 2.47 bits per heavy atom. The molecular formula is C12H13IN4O2. The second-order valence-corrected chi connectivity index (χ2v) is 5.12. The minimum Gasteiger partial charge on any atom is -0.461 e. The summed E-state index contributed by atoms with van der Waals surface area (Å²) in [5, 5.41) is 0. The molecule has 2 N–H and O–H groups in total. The van der Waals surface area contributed by atoms with Crippen LogP contribution in [0.2, 0.25) is 0 Å². The Kier molecular flexibility index (Phi) is 4.35. The van der Waals surface area contributed by atoms with Gasteiger partial charge in [0.25, 0.3) is 0 Å². The fourth-order valence-electron chi connectivity index (χ4n) is 1.29. The van der Waals surface area contributed by atoms with Gasteiger partial charge in [-0.05, 0) is 48.6 Å². The first-order valence-electron chi connectivity index (χ1n) is 5.65. The number of nitrogen functional groups attached to an aromatic ring is 1. The summed E-state index contributed by atoms with van der Waals surface area (Å²) in [7, 11) is 0. The van der Waals surface area contributed by atoms with E-state index in [0.717, 1.165) is 3.57 Å². The molecule has 1 aromatic carbocycles. The van der Waals surface area contributed by atoms with E-state index in [9.17, 15) is 0 Å². The molecule has 0 radical (unpaired) electrons. The monoisotopic (exact) mass is 372 g/mol. The molecule has 0 bridgehead atoms. The second kappa shape index (κ2) is 6.00. The molecule has 19 heavy (non-hydrogen) atoms. The third kappa shape index (κ3) is 3.91. The first-order chi connectivity index (χ1) is 9.04. The Hall–Kier alpha value is -1.64. The second-order valence-electron chi connectivity index (χ2n) is 3.96. The lowest BCUT2D eigenvalue weighted by Gasteiger charge is -2.10. The third-order valence-corrected chi connectivity index (χ3v) is 2.88. The molecular weight excluding hydrogens is 359 g/mol. The molecule has 0 aliphatic carbocycles. The van der Waals surface area contributed by atoms with Crippen LogP contribution in [0.1, 0.15) is 13.8 Å². The number of para-hydroxylation sites is 1. The molecule has 0 aliphatic heterocycles. The molecule has 1 heterocycles. The lowest BCUT2D eigenvalue weighted by molar-refractivity contribution is 0.219. The molecule has 0 fully saturated rings. The smallest absolute Gasteiger partial charge is 0.330 e. The van der Waals surface area contributed by atoms with Gasteiger partial charge >= 0.3 is 12.0 Å². The number of hydrogen-bond acceptors (Lipinski definition) is 6. The van der Waals surface area contributed by atoms with Gasteiger partial charge in [0.1, 0.15) is 5.75 Å². The first kappa shape index (κ1) is 13.8. The topological polar surface area (TPSA) is 83.2 Å². The van der Waals surface area contributed by atoms with Crippen LogP contribution in [-0.2, 0) is 0 Å². The van der Waals surface area contributed by atoms with Gasteiger partial charge in [-0.2, -0.15) is 9.97 Å². The predicted molar refractivity (Wildman–Crippen MR) is 79.2 cm³/mol. The summed E-state index contributed by atoms with van der Waals surface area (Å²) < 4.78 is 11.9. The number of nitrogens with zero attached hydrogens (tertiary/aromatic N) is 3. The molecule has 0 atom stereocenters. The summed E-state index contributed by atoms with van der Waals surface area (Å²) in [6.45, 7) is 3.75. The zero-order valence-corrected chi connectivity index (χ0v) is 12.7. The van der Waals surface area contributed by atoms with Crippen molar-refractivity contribution in [3.8, 4) is 17.8 Å². The van der Waals surface area contributed by atoms with Gasteiger partial charge in [0, 0.05) is 0 Å². The van der Waals surface area contributed by atoms with Crippen molar-refractivity contribution >= 4 is 28.5 Å². The van der Waals surface area contributed by atoms with E-state index >= 15 is 0 Å². The molecule has 6 nitrogen and oxygen atoms in total. The van der Waals surface area contributed by atoms with Crippen LogP contribution in [0.4, 0.5) is 5.95 Å². The zero-order chi connectivity index (χ0) is 13.8. The van der Waals surface area contributed by atoms with Gasteiger partial charge < -0.3 is 15.2 Å². The molecule has 100 valence electrons. The normalized spacial score (nSPS) is 10.5. The summed E-state index contributed by atoms with van der Waals surface area (Å²) in [4.78, 5) is 11.9. The first-order valence-corrected chi connectivity index (χ1v) is 6.73. The van der Waals surface area contributed by atoms with Crippen LogP contribution in [0.5, 0.6) is 17.8 Å². The van der Waals surface area contributed by atoms with Crippen LogP contribution >= 0.6 is 22.6 Å². The van der Waals surface area contributed by atoms with Gasteiger partial charge in [-0.1, -0.05) is 12.1 Å². The number of benzene rings is 1. The van der Waals surface area contributed by atoms with Gasteiger partial charge in [0.2, 0.25) is 5.95 Å². The van der Waals surface area contributed by atoms with Gasteiger partial charge in [-0.25, -0.2) is 0 Å². The van der Waals surface area contributed by atoms with Crippen molar-refractivity contribution in [2.45, 2.75) is 20.0 Å². The Bertz CT molecular complexity index is 577. The van der Waals surface area contributed by atoms with Crippen molar-refractivity contribution in [2.24, 2.45) is 0 Å². The fourth-order valence-corrected chi connectivity index (χ4v) is 1.79. The molecule has 0 saturated heterocycles. The molecule has 0 saturated carbocycles. The Balaban J connectivity index is 2.25. The Morgan fingerprint density at radius 1 is 1.11 bits per heavy atom. The van der Waals surface area contributed by atoms with E-state index in [4.69, 9.17) is 15.2 Å². The summed E-state index contributed by atoms with van der Waals surface area (Å²) >= 11 is 2.17. The summed E-state index contributed by atoms with van der Waals surface area (Å²) in [6, 6.07) is 7.81. The van der Waals surface area contributed by atoms with Crippen LogP contribution in [0.3, 0.4) is 0 Å². The molecule has 2 rings (SSSR count). The van der Waals surface area contributed by atoms with Gasteiger partial charge in [-0.15, -0.1) is 4.98 Å². The van der Waals surface area contributed by atoms with Gasteiger partial charge in [0.05, 0.1) is 9.67 Å². The number of ether oxygens (including phenoxy) is 2. The maximum atomic E-state index is 5.60. The molecule has 1 aromatic heterocycles. The van der Waals surface area contributed by atoms with E-state index in [1.54, 1.807) is 0 Å². The van der Waals surface area contributed by atoms with Crippen molar-refractivity contribution in [2.75, 3.05) is 5.73 Å². The SMILES string of the molecule is CC(C)Oc1nc(N)nc(Oc2ccccc2I)n1. The molecule has 2 aromatic rings. The zero-order valence-electron chi connectivity index (χ0n) is 10.5. The highest BCUT2D eigenvalue weighted by Crippen LogP contribution is 2.25. The van der Waals surface area contributed by atoms with E-state index in [2.05, 4.69) is 37.5 Å². The van der Waals surface area contributed by atoms with E-state index in [1.807, 2.05) is 38.1 Å². The highest BCUT2D eigenvalue weighted by atomic mass is 127. The van der Waals surface area contributed by atoms with Crippen LogP contribution in [-0.4, -0.2) is 21.1 Å². The van der Waals surface area contributed by atoms with E-state index in [1.165, 1.54) is 0 Å². The number of nitrogens with two attached hydrogens (primary N) is 1. The maximum absolute atomic E-state index is 5.60. The summed E-state index contributed by atoms with van der Waals surface area (Å²) in [5.74, 6) is 0.718. The Morgan fingerprint density at radius 2 is 1.79 bits per heavy atom. The average molecular weight is 372 g/mol. The van der Waals surface area contributed by atoms with Gasteiger partial charge in [-0.3, -0.25) is 0 Å². The number of rotatable bonds is 4. The molecule has 0 spiro atoms. The predicted octanol–water partition coefficient (Wildman–Crippen LogP) is 2.64. The standard InChI is InChI=1S/C12H13IN4O2/c1-7(2)18-11-15-10(14)16-12(17-11)19-9-6-4-3-5-8(9)13/h3-7H,1-2H3,(H2,14,15,16,17). The van der Waals surface area contributed by atoms with Crippen molar-refractivity contribution in [3.63, 3.8) is 0 Å². The molecule has 0 aliphatic rings. The number of aromatic nitrogens is 3. The quantitative estimate of drug-likeness (QED) is 0.831. The van der Waals surface area contributed by atoms with E-state index < -0.39 is 0 Å².